The van der Waals surface area contributed by atoms with Crippen molar-refractivity contribution >= 4 is 6.41 Å². The number of hydrogen-bond acceptors (Lipinski definition) is 2. The first-order valence-electron chi connectivity index (χ1n) is 6.08. The Kier molecular flexibility index (Phi) is 4.09. The van der Waals surface area contributed by atoms with Crippen molar-refractivity contribution in [2.75, 3.05) is 13.1 Å². The van der Waals surface area contributed by atoms with Gasteiger partial charge in [0.15, 0.2) is 0 Å². The van der Waals surface area contributed by atoms with Gasteiger partial charge in [0.1, 0.15) is 0 Å². The first kappa shape index (κ1) is 13.9. The Hall–Kier alpha value is -1.56. The van der Waals surface area contributed by atoms with Gasteiger partial charge < -0.3 is 10.2 Å². The highest BCUT2D eigenvalue weighted by molar-refractivity contribution is 5.47. The van der Waals surface area contributed by atoms with E-state index in [9.17, 15) is 18.0 Å². The molecule has 0 spiro atoms. The van der Waals surface area contributed by atoms with Crippen molar-refractivity contribution in [3.8, 4) is 0 Å². The summed E-state index contributed by atoms with van der Waals surface area (Å²) in [5.74, 6) is 0. The average Bonchev–Trinajstić information content (AvgIpc) is 2.84. The number of carbonyl (C=O) groups is 1. The molecule has 0 aromatic heterocycles. The number of nitrogens with zero attached hydrogens (tertiary/aromatic N) is 1. The number of rotatable bonds is 4. The molecule has 1 fully saturated rings. The molecule has 1 aromatic carbocycles. The van der Waals surface area contributed by atoms with Gasteiger partial charge in [0.2, 0.25) is 6.41 Å². The topological polar surface area (TPSA) is 32.3 Å². The number of benzene rings is 1. The van der Waals surface area contributed by atoms with Crippen molar-refractivity contribution in [1.29, 1.82) is 0 Å². The number of alkyl halides is 3. The fourth-order valence-electron chi connectivity index (χ4n) is 2.17. The van der Waals surface area contributed by atoms with Crippen LogP contribution in [-0.4, -0.2) is 30.4 Å². The molecule has 3 nitrogen and oxygen atoms in total. The second-order valence-corrected chi connectivity index (χ2v) is 4.66. The fraction of sp³-hybridized carbons (Fsp3) is 0.462. The molecular weight excluding hydrogens is 257 g/mol. The van der Waals surface area contributed by atoms with E-state index in [1.807, 2.05) is 0 Å². The standard InChI is InChI=1S/C13H15F3N2O/c14-13(15,16)11-3-1-2-10(6-11)7-17-12-4-5-18(8-12)9-19/h1-3,6,9,12,17H,4-5,7-8H2. The molecule has 0 bridgehead atoms. The molecule has 1 amide bonds. The normalized spacial score (nSPS) is 19.7. The van der Waals surface area contributed by atoms with Crippen LogP contribution in [0.4, 0.5) is 13.2 Å². The zero-order valence-corrected chi connectivity index (χ0v) is 10.3. The molecule has 1 aliphatic heterocycles. The molecular formula is C13H15F3N2O. The van der Waals surface area contributed by atoms with Crippen LogP contribution < -0.4 is 5.32 Å². The molecule has 6 heteroatoms. The summed E-state index contributed by atoms with van der Waals surface area (Å²) >= 11 is 0. The minimum atomic E-state index is -4.31. The van der Waals surface area contributed by atoms with Gasteiger partial charge in [0.05, 0.1) is 5.56 Å². The van der Waals surface area contributed by atoms with Crippen molar-refractivity contribution in [2.24, 2.45) is 0 Å². The van der Waals surface area contributed by atoms with Crippen LogP contribution in [0.15, 0.2) is 24.3 Å². The summed E-state index contributed by atoms with van der Waals surface area (Å²) in [6.07, 6.45) is -2.68. The third kappa shape index (κ3) is 3.70. The van der Waals surface area contributed by atoms with E-state index in [0.717, 1.165) is 25.0 Å². The number of carbonyl (C=O) groups excluding carboxylic acids is 1. The van der Waals surface area contributed by atoms with Crippen LogP contribution in [0.1, 0.15) is 17.5 Å². The van der Waals surface area contributed by atoms with E-state index in [4.69, 9.17) is 0 Å². The highest BCUT2D eigenvalue weighted by Gasteiger charge is 2.30. The smallest absolute Gasteiger partial charge is 0.344 e. The van der Waals surface area contributed by atoms with Gasteiger partial charge in [-0.05, 0) is 18.1 Å². The maximum atomic E-state index is 12.5. The van der Waals surface area contributed by atoms with Crippen LogP contribution >= 0.6 is 0 Å². The maximum Gasteiger partial charge on any atom is 0.416 e. The van der Waals surface area contributed by atoms with Crippen molar-refractivity contribution in [1.82, 2.24) is 10.2 Å². The number of hydrogen-bond donors (Lipinski definition) is 1. The Morgan fingerprint density at radius 2 is 2.21 bits per heavy atom. The molecule has 1 N–H and O–H groups in total. The van der Waals surface area contributed by atoms with E-state index in [-0.39, 0.29) is 6.04 Å². The van der Waals surface area contributed by atoms with Gasteiger partial charge in [-0.2, -0.15) is 13.2 Å². The predicted octanol–water partition coefficient (Wildman–Crippen LogP) is 2.03. The summed E-state index contributed by atoms with van der Waals surface area (Å²) in [4.78, 5) is 12.2. The van der Waals surface area contributed by atoms with Crippen LogP contribution in [0.5, 0.6) is 0 Å². The van der Waals surface area contributed by atoms with Crippen LogP contribution in [0, 0.1) is 0 Å². The molecule has 104 valence electrons. The minimum Gasteiger partial charge on any atom is -0.344 e. The molecule has 1 atom stereocenters. The lowest BCUT2D eigenvalue weighted by Gasteiger charge is -2.14. The monoisotopic (exact) mass is 272 g/mol. The van der Waals surface area contributed by atoms with E-state index >= 15 is 0 Å². The van der Waals surface area contributed by atoms with Crippen molar-refractivity contribution in [2.45, 2.75) is 25.2 Å². The summed E-state index contributed by atoms with van der Waals surface area (Å²) in [6.45, 7) is 1.69. The highest BCUT2D eigenvalue weighted by Crippen LogP contribution is 2.29. The molecule has 19 heavy (non-hydrogen) atoms. The van der Waals surface area contributed by atoms with Crippen molar-refractivity contribution in [3.05, 3.63) is 35.4 Å². The maximum absolute atomic E-state index is 12.5. The third-order valence-corrected chi connectivity index (χ3v) is 3.22. The molecule has 0 saturated carbocycles. The largest absolute Gasteiger partial charge is 0.416 e. The third-order valence-electron chi connectivity index (χ3n) is 3.22. The number of nitrogens with one attached hydrogen (secondary N) is 1. The molecule has 1 saturated heterocycles. The lowest BCUT2D eigenvalue weighted by Crippen LogP contribution is -2.31. The summed E-state index contributed by atoms with van der Waals surface area (Å²) in [6, 6.07) is 5.44. The average molecular weight is 272 g/mol. The van der Waals surface area contributed by atoms with E-state index in [1.54, 1.807) is 11.0 Å². The van der Waals surface area contributed by atoms with E-state index < -0.39 is 11.7 Å². The van der Waals surface area contributed by atoms with Gasteiger partial charge >= 0.3 is 6.18 Å². The Labute approximate surface area is 109 Å². The summed E-state index contributed by atoms with van der Waals surface area (Å²) in [5.41, 5.74) is -0.0351. The zero-order chi connectivity index (χ0) is 13.9. The van der Waals surface area contributed by atoms with Gasteiger partial charge in [-0.1, -0.05) is 18.2 Å². The lowest BCUT2D eigenvalue weighted by atomic mass is 10.1. The Bertz CT molecular complexity index is 448. The van der Waals surface area contributed by atoms with Crippen LogP contribution in [0.25, 0.3) is 0 Å². The number of amides is 1. The quantitative estimate of drug-likeness (QED) is 0.851. The molecule has 0 aliphatic carbocycles. The molecule has 1 aromatic rings. The van der Waals surface area contributed by atoms with E-state index in [1.165, 1.54) is 6.07 Å². The molecule has 1 heterocycles. The predicted molar refractivity (Wildman–Crippen MR) is 64.3 cm³/mol. The molecule has 1 aliphatic rings. The molecule has 2 rings (SSSR count). The first-order valence-corrected chi connectivity index (χ1v) is 6.08. The molecule has 0 radical (unpaired) electrons. The van der Waals surface area contributed by atoms with Gasteiger partial charge in [-0.15, -0.1) is 0 Å². The minimum absolute atomic E-state index is 0.153. The SMILES string of the molecule is O=CN1CCC(NCc2cccc(C(F)(F)F)c2)C1. The van der Waals surface area contributed by atoms with E-state index in [2.05, 4.69) is 5.32 Å². The Balaban J connectivity index is 1.91. The summed E-state index contributed by atoms with van der Waals surface area (Å²) in [7, 11) is 0. The zero-order valence-electron chi connectivity index (χ0n) is 10.3. The van der Waals surface area contributed by atoms with Crippen LogP contribution in [0.2, 0.25) is 0 Å². The van der Waals surface area contributed by atoms with Gasteiger partial charge in [0.25, 0.3) is 0 Å². The number of likely N-dealkylation sites (tertiary alicyclic amines) is 1. The van der Waals surface area contributed by atoms with Gasteiger partial charge in [0, 0.05) is 25.7 Å². The number of halogens is 3. The highest BCUT2D eigenvalue weighted by atomic mass is 19.4. The van der Waals surface area contributed by atoms with Gasteiger partial charge in [-0.3, -0.25) is 4.79 Å². The second kappa shape index (κ2) is 5.61. The fourth-order valence-corrected chi connectivity index (χ4v) is 2.17. The van der Waals surface area contributed by atoms with E-state index in [0.29, 0.717) is 25.2 Å². The van der Waals surface area contributed by atoms with Gasteiger partial charge in [-0.25, -0.2) is 0 Å². The lowest BCUT2D eigenvalue weighted by molar-refractivity contribution is -0.137. The van der Waals surface area contributed by atoms with Crippen LogP contribution in [-0.2, 0) is 17.5 Å². The Morgan fingerprint density at radius 1 is 1.42 bits per heavy atom. The van der Waals surface area contributed by atoms with Crippen molar-refractivity contribution < 1.29 is 18.0 Å². The Morgan fingerprint density at radius 3 is 2.84 bits per heavy atom. The van der Waals surface area contributed by atoms with Crippen LogP contribution in [0.3, 0.4) is 0 Å². The van der Waals surface area contributed by atoms with Crippen molar-refractivity contribution in [3.63, 3.8) is 0 Å². The first-order chi connectivity index (χ1) is 8.99. The summed E-state index contributed by atoms with van der Waals surface area (Å²) < 4.78 is 37.6. The summed E-state index contributed by atoms with van der Waals surface area (Å²) in [5, 5.41) is 3.17. The molecule has 1 unspecified atom stereocenters. The second-order valence-electron chi connectivity index (χ2n) is 4.66.